The van der Waals surface area contributed by atoms with Crippen molar-refractivity contribution < 1.29 is 28.7 Å². The first kappa shape index (κ1) is 24.2. The molecular weight excluding hydrogens is 426 g/mol. The Labute approximate surface area is 190 Å². The van der Waals surface area contributed by atoms with E-state index in [-0.39, 0.29) is 16.9 Å². The third-order valence-electron chi connectivity index (χ3n) is 5.09. The van der Waals surface area contributed by atoms with Gasteiger partial charge in [-0.1, -0.05) is 18.2 Å². The van der Waals surface area contributed by atoms with Gasteiger partial charge in [0.15, 0.2) is 5.58 Å². The van der Waals surface area contributed by atoms with E-state index in [1.54, 1.807) is 38.5 Å². The Morgan fingerprint density at radius 2 is 1.73 bits per heavy atom. The summed E-state index contributed by atoms with van der Waals surface area (Å²) in [5.41, 5.74) is 0.743. The average molecular weight is 454 g/mol. The summed E-state index contributed by atoms with van der Waals surface area (Å²) in [6.45, 7) is 4.41. The number of hydrogen-bond acceptors (Lipinski definition) is 7. The highest BCUT2D eigenvalue weighted by atomic mass is 16.5. The van der Waals surface area contributed by atoms with Crippen LogP contribution in [0.25, 0.3) is 33.1 Å². The number of aromatic hydroxyl groups is 1. The Hall–Kier alpha value is -3.46. The number of fused-ring (bicyclic) bond motifs is 2. The first-order valence-electron chi connectivity index (χ1n) is 10.6. The van der Waals surface area contributed by atoms with Crippen molar-refractivity contribution in [1.29, 1.82) is 0 Å². The molecule has 4 rings (SSSR count). The number of methoxy groups -OCH3 is 2. The maximum absolute atomic E-state index is 12.6. The lowest BCUT2D eigenvalue weighted by Gasteiger charge is -2.10. The predicted octanol–water partition coefficient (Wildman–Crippen LogP) is 2.63. The molecule has 0 bridgehead atoms. The first-order valence-corrected chi connectivity index (χ1v) is 10.6. The Balaban J connectivity index is 0.000000709. The van der Waals surface area contributed by atoms with Gasteiger partial charge in [-0.3, -0.25) is 0 Å². The number of rotatable bonds is 7. The fourth-order valence-corrected chi connectivity index (χ4v) is 3.39. The maximum Gasteiger partial charge on any atom is 0.344 e. The van der Waals surface area contributed by atoms with Crippen molar-refractivity contribution in [2.75, 3.05) is 34.0 Å². The fourth-order valence-electron chi connectivity index (χ4n) is 3.39. The van der Waals surface area contributed by atoms with Gasteiger partial charge >= 0.3 is 11.3 Å². The van der Waals surface area contributed by atoms with Crippen molar-refractivity contribution in [3.05, 3.63) is 74.9 Å². The SMILES string of the molecule is CCOC.COCC[NH2+]Cc1c(O)ccc2c(-c3cc4ccccc4oc3=O)cc(=O)oc12. The van der Waals surface area contributed by atoms with Gasteiger partial charge in [-0.25, -0.2) is 9.59 Å². The molecule has 2 heterocycles. The topological polar surface area (TPSA) is 116 Å². The largest absolute Gasteiger partial charge is 0.507 e. The standard InChI is InChI=1S/C22H19NO6.C3H8O/c1-27-9-8-23-12-17-18(24)7-6-14-15(11-20(25)29-21(14)17)16-10-13-4-2-3-5-19(13)28-22(16)26;1-3-4-2/h2-7,10-11,23-24H,8-9,12H2,1H3;3H2,1-2H3/p+1. The van der Waals surface area contributed by atoms with Crippen molar-refractivity contribution in [1.82, 2.24) is 0 Å². The number of benzene rings is 2. The number of hydrogen-bond donors (Lipinski definition) is 2. The molecule has 0 radical (unpaired) electrons. The molecule has 0 unspecified atom stereocenters. The zero-order valence-electron chi connectivity index (χ0n) is 18.9. The third-order valence-corrected chi connectivity index (χ3v) is 5.09. The molecule has 0 aliphatic carbocycles. The number of phenolic OH excluding ortho intramolecular Hbond substituents is 1. The summed E-state index contributed by atoms with van der Waals surface area (Å²) in [4.78, 5) is 24.9. The van der Waals surface area contributed by atoms with E-state index >= 15 is 0 Å². The molecule has 0 saturated carbocycles. The van der Waals surface area contributed by atoms with Crippen LogP contribution in [0, 0.1) is 0 Å². The van der Waals surface area contributed by atoms with Gasteiger partial charge in [0.05, 0.1) is 24.3 Å². The van der Waals surface area contributed by atoms with E-state index in [2.05, 4.69) is 4.74 Å². The third kappa shape index (κ3) is 5.67. The van der Waals surface area contributed by atoms with Gasteiger partial charge in [-0.05, 0) is 31.2 Å². The fraction of sp³-hybridized carbons (Fsp3) is 0.280. The number of nitrogens with two attached hydrogens (primary N) is 1. The molecule has 8 nitrogen and oxygen atoms in total. The molecule has 0 spiro atoms. The van der Waals surface area contributed by atoms with Gasteiger partial charge in [-0.15, -0.1) is 0 Å². The lowest BCUT2D eigenvalue weighted by Crippen LogP contribution is -2.83. The zero-order chi connectivity index (χ0) is 23.8. The monoisotopic (exact) mass is 454 g/mol. The summed E-state index contributed by atoms with van der Waals surface area (Å²) in [7, 11) is 3.30. The predicted molar refractivity (Wildman–Crippen MR) is 126 cm³/mol. The molecular formula is C25H28NO7+. The van der Waals surface area contributed by atoms with E-state index in [1.165, 1.54) is 12.1 Å². The smallest absolute Gasteiger partial charge is 0.344 e. The Kier molecular flexibility index (Phi) is 8.37. The van der Waals surface area contributed by atoms with Crippen molar-refractivity contribution in [2.45, 2.75) is 13.5 Å². The summed E-state index contributed by atoms with van der Waals surface area (Å²) >= 11 is 0. The zero-order valence-corrected chi connectivity index (χ0v) is 18.9. The van der Waals surface area contributed by atoms with Crippen molar-refractivity contribution >= 4 is 21.9 Å². The molecule has 0 amide bonds. The molecule has 8 heteroatoms. The molecule has 3 N–H and O–H groups in total. The quantitative estimate of drug-likeness (QED) is 0.326. The summed E-state index contributed by atoms with van der Waals surface area (Å²) < 4.78 is 20.4. The van der Waals surface area contributed by atoms with Crippen LogP contribution in [0.1, 0.15) is 12.5 Å². The van der Waals surface area contributed by atoms with Crippen LogP contribution in [-0.2, 0) is 16.0 Å². The van der Waals surface area contributed by atoms with E-state index < -0.39 is 11.3 Å². The average Bonchev–Trinajstić information content (AvgIpc) is 2.82. The minimum absolute atomic E-state index is 0.0250. The van der Waals surface area contributed by atoms with E-state index in [0.717, 1.165) is 12.0 Å². The maximum atomic E-state index is 12.6. The molecule has 0 saturated heterocycles. The van der Waals surface area contributed by atoms with Crippen LogP contribution in [0.2, 0.25) is 0 Å². The lowest BCUT2D eigenvalue weighted by atomic mass is 10.00. The van der Waals surface area contributed by atoms with Gasteiger partial charge in [0.2, 0.25) is 0 Å². The Morgan fingerprint density at radius 3 is 2.45 bits per heavy atom. The van der Waals surface area contributed by atoms with E-state index in [1.807, 2.05) is 24.4 Å². The van der Waals surface area contributed by atoms with E-state index in [9.17, 15) is 14.7 Å². The summed E-state index contributed by atoms with van der Waals surface area (Å²) in [5.74, 6) is 0.0250. The minimum atomic E-state index is -0.608. The number of phenols is 1. The molecule has 0 atom stereocenters. The molecule has 2 aromatic carbocycles. The molecule has 4 aromatic rings. The molecule has 0 fully saturated rings. The second kappa shape index (κ2) is 11.4. The first-order chi connectivity index (χ1) is 16.0. The van der Waals surface area contributed by atoms with Gasteiger partial charge in [0.1, 0.15) is 17.9 Å². The van der Waals surface area contributed by atoms with Crippen LogP contribution < -0.4 is 16.6 Å². The molecule has 174 valence electrons. The normalized spacial score (nSPS) is 10.9. The minimum Gasteiger partial charge on any atom is -0.507 e. The van der Waals surface area contributed by atoms with Crippen molar-refractivity contribution in [3.8, 4) is 16.9 Å². The van der Waals surface area contributed by atoms with Crippen LogP contribution in [-0.4, -0.2) is 39.1 Å². The Morgan fingerprint density at radius 1 is 0.970 bits per heavy atom. The van der Waals surface area contributed by atoms with Crippen molar-refractivity contribution in [3.63, 3.8) is 0 Å². The highest BCUT2D eigenvalue weighted by Gasteiger charge is 2.18. The summed E-state index contributed by atoms with van der Waals surface area (Å²) in [6.07, 6.45) is 0. The van der Waals surface area contributed by atoms with E-state index in [4.69, 9.17) is 13.6 Å². The van der Waals surface area contributed by atoms with Crippen LogP contribution in [0.4, 0.5) is 0 Å². The number of quaternary nitrogens is 1. The van der Waals surface area contributed by atoms with Gasteiger partial charge in [0.25, 0.3) is 0 Å². The van der Waals surface area contributed by atoms with Gasteiger partial charge in [0, 0.05) is 43.2 Å². The van der Waals surface area contributed by atoms with Crippen LogP contribution in [0.3, 0.4) is 0 Å². The molecule has 33 heavy (non-hydrogen) atoms. The van der Waals surface area contributed by atoms with Gasteiger partial charge < -0.3 is 28.7 Å². The highest BCUT2D eigenvalue weighted by molar-refractivity contribution is 5.96. The number of ether oxygens (including phenoxy) is 2. The van der Waals surface area contributed by atoms with Crippen LogP contribution in [0.5, 0.6) is 5.75 Å². The second-order valence-electron chi connectivity index (χ2n) is 7.26. The highest BCUT2D eigenvalue weighted by Crippen LogP contribution is 2.32. The van der Waals surface area contributed by atoms with Gasteiger partial charge in [-0.2, -0.15) is 0 Å². The van der Waals surface area contributed by atoms with Crippen LogP contribution in [0.15, 0.2) is 67.0 Å². The van der Waals surface area contributed by atoms with Crippen molar-refractivity contribution in [2.24, 2.45) is 0 Å². The molecule has 0 aliphatic rings. The summed E-state index contributed by atoms with van der Waals surface area (Å²) in [5, 5.41) is 13.6. The molecule has 2 aromatic heterocycles. The molecule has 0 aliphatic heterocycles. The number of para-hydroxylation sites is 1. The lowest BCUT2D eigenvalue weighted by molar-refractivity contribution is -0.671. The second-order valence-corrected chi connectivity index (χ2v) is 7.26. The summed E-state index contributed by atoms with van der Waals surface area (Å²) in [6, 6.07) is 13.3. The van der Waals surface area contributed by atoms with E-state index in [0.29, 0.717) is 41.8 Å². The van der Waals surface area contributed by atoms with Crippen LogP contribution >= 0.6 is 0 Å². The Bertz CT molecular complexity index is 1340.